The summed E-state index contributed by atoms with van der Waals surface area (Å²) in [5.41, 5.74) is 5.18. The largest absolute Gasteiger partial charge is 0.456 e. The Hall–Kier alpha value is -3.45. The molecule has 2 heterocycles. The maximum absolute atomic E-state index is 14.9. The van der Waals surface area contributed by atoms with Crippen LogP contribution in [0.2, 0.25) is 5.02 Å². The molecule has 0 amide bonds. The molecule has 0 atom stereocenters. The van der Waals surface area contributed by atoms with Gasteiger partial charge in [0.05, 0.1) is 16.2 Å². The molecule has 0 saturated heterocycles. The number of nitrogens with zero attached hydrogens (tertiary/aromatic N) is 1. The summed E-state index contributed by atoms with van der Waals surface area (Å²) in [7, 11) is 0. The maximum Gasteiger partial charge on any atom is 0.358 e. The number of rotatable bonds is 4. The number of hydrogen-bond donors (Lipinski definition) is 2. The number of fused-ring (bicyclic) bond motifs is 1. The first-order valence-corrected chi connectivity index (χ1v) is 8.96. The summed E-state index contributed by atoms with van der Waals surface area (Å²) in [5.74, 6) is -2.63. The molecule has 0 unspecified atom stereocenters. The number of anilines is 1. The molecule has 0 spiro atoms. The lowest BCUT2D eigenvalue weighted by molar-refractivity contribution is 0.0466. The summed E-state index contributed by atoms with van der Waals surface area (Å²) in [6.45, 7) is -0.0346. The molecule has 146 valence electrons. The van der Waals surface area contributed by atoms with E-state index in [1.807, 2.05) is 6.07 Å². The Labute approximate surface area is 169 Å². The van der Waals surface area contributed by atoms with E-state index >= 15 is 0 Å². The van der Waals surface area contributed by atoms with Crippen molar-refractivity contribution in [2.45, 2.75) is 6.61 Å². The molecule has 2 aromatic heterocycles. The van der Waals surface area contributed by atoms with Crippen molar-refractivity contribution in [2.75, 3.05) is 5.73 Å². The van der Waals surface area contributed by atoms with Gasteiger partial charge >= 0.3 is 5.97 Å². The molecule has 0 bridgehead atoms. The van der Waals surface area contributed by atoms with Crippen molar-refractivity contribution in [1.29, 1.82) is 0 Å². The van der Waals surface area contributed by atoms with Crippen LogP contribution in [0.1, 0.15) is 16.1 Å². The van der Waals surface area contributed by atoms with E-state index < -0.39 is 29.0 Å². The average Bonchev–Trinajstić information content (AvgIpc) is 3.22. The van der Waals surface area contributed by atoms with E-state index in [0.717, 1.165) is 5.56 Å². The third-order valence-corrected chi connectivity index (χ3v) is 4.82. The smallest absolute Gasteiger partial charge is 0.358 e. The van der Waals surface area contributed by atoms with Crippen molar-refractivity contribution in [3.8, 4) is 11.3 Å². The number of esters is 1. The quantitative estimate of drug-likeness (QED) is 0.456. The van der Waals surface area contributed by atoms with E-state index in [-0.39, 0.29) is 28.4 Å². The van der Waals surface area contributed by atoms with Crippen LogP contribution in [-0.2, 0) is 11.3 Å². The first kappa shape index (κ1) is 18.9. The Balaban J connectivity index is 1.75. The van der Waals surface area contributed by atoms with Gasteiger partial charge in [0.2, 0.25) is 0 Å². The Bertz CT molecular complexity index is 1230. The molecule has 0 aliphatic heterocycles. The molecule has 0 saturated carbocycles. The molecule has 0 fully saturated rings. The van der Waals surface area contributed by atoms with Gasteiger partial charge in [0.1, 0.15) is 12.3 Å². The fourth-order valence-corrected chi connectivity index (χ4v) is 3.14. The average molecular weight is 414 g/mol. The van der Waals surface area contributed by atoms with Gasteiger partial charge in [-0.15, -0.1) is 0 Å². The first-order valence-electron chi connectivity index (χ1n) is 8.59. The van der Waals surface area contributed by atoms with Crippen LogP contribution in [-0.4, -0.2) is 15.9 Å². The highest BCUT2D eigenvalue weighted by Gasteiger charge is 2.25. The van der Waals surface area contributed by atoms with Gasteiger partial charge in [0.15, 0.2) is 17.3 Å². The lowest BCUT2D eigenvalue weighted by Gasteiger charge is -2.12. The highest BCUT2D eigenvalue weighted by molar-refractivity contribution is 6.35. The normalized spacial score (nSPS) is 11.0. The summed E-state index contributed by atoms with van der Waals surface area (Å²) in [5, 5.41) is 0.224. The Morgan fingerprint density at radius 2 is 1.86 bits per heavy atom. The van der Waals surface area contributed by atoms with Crippen LogP contribution in [0.15, 0.2) is 54.7 Å². The number of benzene rings is 2. The zero-order valence-electron chi connectivity index (χ0n) is 14.9. The first-order chi connectivity index (χ1) is 14.0. The summed E-state index contributed by atoms with van der Waals surface area (Å²) >= 11 is 6.02. The monoisotopic (exact) mass is 413 g/mol. The van der Waals surface area contributed by atoms with Gasteiger partial charge in [-0.25, -0.2) is 18.6 Å². The van der Waals surface area contributed by atoms with Crippen molar-refractivity contribution < 1.29 is 18.3 Å². The summed E-state index contributed by atoms with van der Waals surface area (Å²) < 4.78 is 34.8. The SMILES string of the molecule is Nc1c(F)c(-c2ccc3cc[nH]c3c2F)nc(C(=O)OCc2ccccc2)c1Cl. The second-order valence-corrected chi connectivity index (χ2v) is 6.66. The highest BCUT2D eigenvalue weighted by atomic mass is 35.5. The second kappa shape index (κ2) is 7.52. The third kappa shape index (κ3) is 3.40. The predicted molar refractivity (Wildman–Crippen MR) is 106 cm³/mol. The number of nitrogens with one attached hydrogen (secondary N) is 1. The summed E-state index contributed by atoms with van der Waals surface area (Å²) in [4.78, 5) is 19.2. The Kier molecular flexibility index (Phi) is 4.90. The molecule has 29 heavy (non-hydrogen) atoms. The van der Waals surface area contributed by atoms with Gasteiger partial charge in [-0.3, -0.25) is 0 Å². The Morgan fingerprint density at radius 3 is 2.62 bits per heavy atom. The standard InChI is InChI=1S/C21H14ClF2N3O2/c22-14-17(25)16(24)19(13-7-6-12-8-9-26-18(12)15(13)23)27-20(14)21(28)29-10-11-4-2-1-3-5-11/h1-9,26H,10H2,(H2,25,27). The minimum Gasteiger partial charge on any atom is -0.456 e. The number of pyridine rings is 1. The number of nitrogens with two attached hydrogens (primary N) is 1. The van der Waals surface area contributed by atoms with Crippen LogP contribution in [0.4, 0.5) is 14.5 Å². The van der Waals surface area contributed by atoms with Crippen LogP contribution in [0, 0.1) is 11.6 Å². The topological polar surface area (TPSA) is 81.0 Å². The number of hydrogen-bond acceptors (Lipinski definition) is 4. The molecule has 2 aromatic carbocycles. The van der Waals surface area contributed by atoms with E-state index in [4.69, 9.17) is 22.1 Å². The van der Waals surface area contributed by atoms with E-state index in [0.29, 0.717) is 5.39 Å². The number of aromatic amines is 1. The molecule has 3 N–H and O–H groups in total. The molecule has 5 nitrogen and oxygen atoms in total. The number of aromatic nitrogens is 2. The minimum absolute atomic E-state index is 0.0346. The van der Waals surface area contributed by atoms with Crippen LogP contribution in [0.3, 0.4) is 0 Å². The van der Waals surface area contributed by atoms with E-state index in [1.54, 1.807) is 42.6 Å². The third-order valence-electron chi connectivity index (χ3n) is 4.44. The van der Waals surface area contributed by atoms with E-state index in [1.165, 1.54) is 6.07 Å². The lowest BCUT2D eigenvalue weighted by atomic mass is 10.1. The van der Waals surface area contributed by atoms with Gasteiger partial charge in [-0.05, 0) is 17.7 Å². The van der Waals surface area contributed by atoms with Gasteiger partial charge in [0.25, 0.3) is 0 Å². The number of ether oxygens (including phenoxy) is 1. The van der Waals surface area contributed by atoms with Gasteiger partial charge in [0, 0.05) is 17.1 Å². The van der Waals surface area contributed by atoms with Gasteiger partial charge in [-0.1, -0.05) is 48.0 Å². The van der Waals surface area contributed by atoms with Crippen molar-refractivity contribution in [1.82, 2.24) is 9.97 Å². The molecule has 0 aliphatic carbocycles. The highest BCUT2D eigenvalue weighted by Crippen LogP contribution is 2.35. The van der Waals surface area contributed by atoms with Crippen molar-refractivity contribution >= 4 is 34.2 Å². The molecular weight excluding hydrogens is 400 g/mol. The zero-order chi connectivity index (χ0) is 20.5. The van der Waals surface area contributed by atoms with Crippen molar-refractivity contribution in [3.63, 3.8) is 0 Å². The molecule has 0 radical (unpaired) electrons. The predicted octanol–water partition coefficient (Wildman–Crippen LogP) is 5.10. The number of halogens is 3. The summed E-state index contributed by atoms with van der Waals surface area (Å²) in [6, 6.07) is 13.6. The minimum atomic E-state index is -1.01. The second-order valence-electron chi connectivity index (χ2n) is 6.28. The molecule has 0 aliphatic rings. The van der Waals surface area contributed by atoms with Gasteiger partial charge < -0.3 is 15.5 Å². The van der Waals surface area contributed by atoms with Crippen LogP contribution in [0.5, 0.6) is 0 Å². The zero-order valence-corrected chi connectivity index (χ0v) is 15.6. The molecule has 4 aromatic rings. The molecule has 4 rings (SSSR count). The van der Waals surface area contributed by atoms with Crippen LogP contribution in [0.25, 0.3) is 22.2 Å². The van der Waals surface area contributed by atoms with Crippen LogP contribution < -0.4 is 5.73 Å². The van der Waals surface area contributed by atoms with Crippen molar-refractivity contribution in [3.05, 3.63) is 82.6 Å². The lowest BCUT2D eigenvalue weighted by Crippen LogP contribution is -2.12. The number of carbonyl (C=O) groups excluding carboxylic acids is 1. The molecule has 8 heteroatoms. The van der Waals surface area contributed by atoms with Crippen molar-refractivity contribution in [2.24, 2.45) is 0 Å². The van der Waals surface area contributed by atoms with Crippen LogP contribution >= 0.6 is 11.6 Å². The van der Waals surface area contributed by atoms with E-state index in [2.05, 4.69) is 9.97 Å². The number of H-pyrrole nitrogens is 1. The fraction of sp³-hybridized carbons (Fsp3) is 0.0476. The fourth-order valence-electron chi connectivity index (χ4n) is 2.94. The van der Waals surface area contributed by atoms with Gasteiger partial charge in [-0.2, -0.15) is 0 Å². The van der Waals surface area contributed by atoms with E-state index in [9.17, 15) is 13.6 Å². The molecular formula is C21H14ClF2N3O2. The Morgan fingerprint density at radius 1 is 1.10 bits per heavy atom. The maximum atomic E-state index is 14.9. The number of nitrogen functional groups attached to an aromatic ring is 1. The number of carbonyl (C=O) groups is 1. The summed E-state index contributed by atoms with van der Waals surface area (Å²) in [6.07, 6.45) is 1.56.